The molecule has 4 aromatic carbocycles. The first kappa shape index (κ1) is 29.3. The van der Waals surface area contributed by atoms with Gasteiger partial charge < -0.3 is 8.83 Å². The zero-order chi connectivity index (χ0) is 31.8. The lowest BCUT2D eigenvalue weighted by atomic mass is 9.89. The lowest BCUT2D eigenvalue weighted by Crippen LogP contribution is -2.11. The number of hydrogen-bond acceptors (Lipinski definition) is 4. The summed E-state index contributed by atoms with van der Waals surface area (Å²) >= 11 is 0. The van der Waals surface area contributed by atoms with Gasteiger partial charge in [0, 0.05) is 13.8 Å². The lowest BCUT2D eigenvalue weighted by molar-refractivity contribution is -0.143. The van der Waals surface area contributed by atoms with Gasteiger partial charge in [-0.05, 0) is 46.5 Å². The maximum absolute atomic E-state index is 14.1. The highest BCUT2D eigenvalue weighted by Crippen LogP contribution is 2.49. The van der Waals surface area contributed by atoms with Gasteiger partial charge in [0.25, 0.3) is 0 Å². The maximum Gasteiger partial charge on any atom is 0.417 e. The topological polar surface area (TPSA) is 52.1 Å². The van der Waals surface area contributed by atoms with Crippen LogP contribution in [-0.2, 0) is 18.5 Å². The molecule has 0 amide bonds. The fraction of sp³-hybridized carbons (Fsp3) is 0.161. The van der Waals surface area contributed by atoms with Crippen LogP contribution in [0.25, 0.3) is 55.6 Å². The monoisotopic (exact) mass is 620 g/mol. The van der Waals surface area contributed by atoms with Crippen LogP contribution in [0.2, 0.25) is 0 Å². The van der Waals surface area contributed by atoms with Gasteiger partial charge in [-0.25, -0.2) is 9.97 Å². The normalized spacial score (nSPS) is 12.9. The third kappa shape index (κ3) is 4.95. The molecule has 0 aliphatic heterocycles. The van der Waals surface area contributed by atoms with E-state index in [-0.39, 0.29) is 67.9 Å². The van der Waals surface area contributed by atoms with Crippen molar-refractivity contribution in [2.75, 3.05) is 0 Å². The maximum atomic E-state index is 14.1. The number of aryl methyl sites for hydroxylation is 2. The van der Waals surface area contributed by atoms with Crippen LogP contribution in [0.3, 0.4) is 0 Å². The molecule has 0 aliphatic carbocycles. The smallest absolute Gasteiger partial charge is 0.417 e. The standard InChI is InChI=1S/C31H17F9N2O2/c1-14-41-25-23(20-8-4-3-7-19(20)16-11-17(29(32,33)34)13-18(12-16)30(35,36)37)27-26(42-15(2)43-27)24(28(25)44-14)21-9-5-6-10-22(21)31(38,39)40/h3-13H,1-2H3. The van der Waals surface area contributed by atoms with E-state index in [0.717, 1.165) is 6.07 Å². The third-order valence-electron chi connectivity index (χ3n) is 6.99. The Morgan fingerprint density at radius 3 is 1.43 bits per heavy atom. The van der Waals surface area contributed by atoms with E-state index in [9.17, 15) is 39.5 Å². The fourth-order valence-electron chi connectivity index (χ4n) is 5.26. The van der Waals surface area contributed by atoms with Crippen molar-refractivity contribution in [3.63, 3.8) is 0 Å². The number of fused-ring (bicyclic) bond motifs is 2. The van der Waals surface area contributed by atoms with Gasteiger partial charge in [0.2, 0.25) is 0 Å². The van der Waals surface area contributed by atoms with Gasteiger partial charge in [-0.1, -0.05) is 42.5 Å². The number of alkyl halides is 9. The van der Waals surface area contributed by atoms with Crippen molar-refractivity contribution >= 4 is 22.2 Å². The summed E-state index contributed by atoms with van der Waals surface area (Å²) in [6.45, 7) is 2.88. The van der Waals surface area contributed by atoms with E-state index in [2.05, 4.69) is 9.97 Å². The number of rotatable bonds is 3. The Hall–Kier alpha value is -4.81. The van der Waals surface area contributed by atoms with Gasteiger partial charge >= 0.3 is 18.5 Å². The van der Waals surface area contributed by atoms with Crippen molar-refractivity contribution in [1.82, 2.24) is 9.97 Å². The molecule has 0 radical (unpaired) electrons. The van der Waals surface area contributed by atoms with Crippen LogP contribution < -0.4 is 0 Å². The number of benzene rings is 4. The van der Waals surface area contributed by atoms with E-state index in [1.807, 2.05) is 0 Å². The van der Waals surface area contributed by atoms with E-state index in [1.165, 1.54) is 56.3 Å². The number of oxazole rings is 2. The van der Waals surface area contributed by atoms with Crippen LogP contribution in [0.5, 0.6) is 0 Å². The van der Waals surface area contributed by atoms with Crippen molar-refractivity contribution in [3.05, 3.63) is 95.2 Å². The van der Waals surface area contributed by atoms with Gasteiger partial charge in [0.05, 0.1) is 27.8 Å². The van der Waals surface area contributed by atoms with Gasteiger partial charge in [-0.2, -0.15) is 39.5 Å². The van der Waals surface area contributed by atoms with E-state index >= 15 is 0 Å². The van der Waals surface area contributed by atoms with Crippen molar-refractivity contribution in [2.24, 2.45) is 0 Å². The predicted molar refractivity (Wildman–Crippen MR) is 142 cm³/mol. The Morgan fingerprint density at radius 2 is 0.955 bits per heavy atom. The van der Waals surface area contributed by atoms with E-state index in [4.69, 9.17) is 8.83 Å². The van der Waals surface area contributed by atoms with E-state index < -0.39 is 40.8 Å². The van der Waals surface area contributed by atoms with Gasteiger partial charge in [-0.3, -0.25) is 0 Å². The second-order valence-corrected chi connectivity index (χ2v) is 9.95. The summed E-state index contributed by atoms with van der Waals surface area (Å²) in [6.07, 6.45) is -15.0. The SMILES string of the molecule is Cc1nc2c(-c3ccccc3C(F)(F)F)c3oc(C)nc3c(-c3ccccc3-c3cc(C(F)(F)F)cc(C(F)(F)F)c3)c2o1. The Labute approximate surface area is 241 Å². The molecule has 0 aliphatic rings. The van der Waals surface area contributed by atoms with E-state index in [0.29, 0.717) is 12.1 Å². The average molecular weight is 620 g/mol. The predicted octanol–water partition coefficient (Wildman–Crippen LogP) is 10.6. The first-order chi connectivity index (χ1) is 20.5. The molecule has 2 aromatic heterocycles. The summed E-state index contributed by atoms with van der Waals surface area (Å²) < 4.78 is 136. The van der Waals surface area contributed by atoms with Crippen LogP contribution in [0, 0.1) is 13.8 Å². The van der Waals surface area contributed by atoms with Gasteiger partial charge in [-0.15, -0.1) is 0 Å². The van der Waals surface area contributed by atoms with Crippen LogP contribution in [-0.4, -0.2) is 9.97 Å². The van der Waals surface area contributed by atoms with Gasteiger partial charge in [0.1, 0.15) is 11.0 Å². The Balaban J connectivity index is 1.73. The molecule has 0 fully saturated rings. The molecule has 2 heterocycles. The summed E-state index contributed by atoms with van der Waals surface area (Å²) in [4.78, 5) is 8.71. The largest absolute Gasteiger partial charge is 0.440 e. The zero-order valence-electron chi connectivity index (χ0n) is 22.5. The molecule has 44 heavy (non-hydrogen) atoms. The van der Waals surface area contributed by atoms with Crippen LogP contribution in [0.15, 0.2) is 75.6 Å². The highest BCUT2D eigenvalue weighted by Gasteiger charge is 2.38. The van der Waals surface area contributed by atoms with Gasteiger partial charge in [0.15, 0.2) is 22.9 Å². The molecule has 0 bridgehead atoms. The first-order valence-electron chi connectivity index (χ1n) is 12.8. The average Bonchev–Trinajstić information content (AvgIpc) is 3.51. The molecule has 0 saturated heterocycles. The molecule has 0 unspecified atom stereocenters. The van der Waals surface area contributed by atoms with Crippen LogP contribution >= 0.6 is 0 Å². The molecule has 0 atom stereocenters. The summed E-state index contributed by atoms with van der Waals surface area (Å²) in [5, 5.41) is 0. The summed E-state index contributed by atoms with van der Waals surface area (Å²) in [6, 6.07) is 11.6. The number of aromatic nitrogens is 2. The minimum Gasteiger partial charge on any atom is -0.440 e. The second kappa shape index (κ2) is 9.86. The first-order valence-corrected chi connectivity index (χ1v) is 12.8. The number of hydrogen-bond donors (Lipinski definition) is 0. The highest BCUT2D eigenvalue weighted by atomic mass is 19.4. The zero-order valence-corrected chi connectivity index (χ0v) is 22.5. The Bertz CT molecular complexity index is 1980. The van der Waals surface area contributed by atoms with Crippen molar-refractivity contribution in [1.29, 1.82) is 0 Å². The lowest BCUT2D eigenvalue weighted by Gasteiger charge is -2.17. The molecule has 226 valence electrons. The molecule has 6 aromatic rings. The molecule has 13 heteroatoms. The molecular weight excluding hydrogens is 603 g/mol. The molecule has 0 saturated carbocycles. The summed E-state index contributed by atoms with van der Waals surface area (Å²) in [5.74, 6) is 0.0690. The van der Waals surface area contributed by atoms with Crippen molar-refractivity contribution in [3.8, 4) is 33.4 Å². The number of halogens is 9. The van der Waals surface area contributed by atoms with Crippen molar-refractivity contribution < 1.29 is 48.3 Å². The summed E-state index contributed by atoms with van der Waals surface area (Å²) in [5.41, 5.74) is -4.97. The molecular formula is C31H17F9N2O2. The molecule has 0 N–H and O–H groups in total. The Kier molecular flexibility index (Phi) is 6.56. The highest BCUT2D eigenvalue weighted by molar-refractivity contribution is 6.17. The summed E-state index contributed by atoms with van der Waals surface area (Å²) in [7, 11) is 0. The quantitative estimate of drug-likeness (QED) is 0.185. The minimum atomic E-state index is -5.09. The van der Waals surface area contributed by atoms with Crippen LogP contribution in [0.1, 0.15) is 28.5 Å². The van der Waals surface area contributed by atoms with E-state index in [1.54, 1.807) is 0 Å². The van der Waals surface area contributed by atoms with Crippen molar-refractivity contribution in [2.45, 2.75) is 32.4 Å². The Morgan fingerprint density at radius 1 is 0.523 bits per heavy atom. The molecule has 0 spiro atoms. The molecule has 6 rings (SSSR count). The minimum absolute atomic E-state index is 0.0198. The fourth-order valence-corrected chi connectivity index (χ4v) is 5.26. The number of nitrogens with zero attached hydrogens (tertiary/aromatic N) is 2. The third-order valence-corrected chi connectivity index (χ3v) is 6.99. The second-order valence-electron chi connectivity index (χ2n) is 9.95. The van der Waals surface area contributed by atoms with Crippen LogP contribution in [0.4, 0.5) is 39.5 Å². The molecule has 4 nitrogen and oxygen atoms in total.